The zero-order valence-electron chi connectivity index (χ0n) is 27.8. The van der Waals surface area contributed by atoms with Gasteiger partial charge >= 0.3 is 0 Å². The van der Waals surface area contributed by atoms with Gasteiger partial charge in [-0.3, -0.25) is 0 Å². The number of rotatable bonds is 4. The summed E-state index contributed by atoms with van der Waals surface area (Å²) in [6.07, 6.45) is 0. The molecule has 2 bridgehead atoms. The second-order valence-electron chi connectivity index (χ2n) is 13.6. The van der Waals surface area contributed by atoms with Gasteiger partial charge in [-0.25, -0.2) is 15.0 Å². The van der Waals surface area contributed by atoms with Crippen LogP contribution in [0, 0.1) is 0 Å². The molecule has 2 aromatic heterocycles. The van der Waals surface area contributed by atoms with Gasteiger partial charge in [0.15, 0.2) is 17.5 Å². The number of halogens is 1. The lowest BCUT2D eigenvalue weighted by Gasteiger charge is -2.43. The van der Waals surface area contributed by atoms with E-state index in [1.807, 2.05) is 72.8 Å². The van der Waals surface area contributed by atoms with Crippen molar-refractivity contribution in [1.29, 1.82) is 0 Å². The molecular weight excluding hydrogens is 702 g/mol. The first kappa shape index (κ1) is 29.5. The maximum absolute atomic E-state index is 6.53. The van der Waals surface area contributed by atoms with Crippen molar-refractivity contribution < 1.29 is 4.42 Å². The lowest BCUT2D eigenvalue weighted by Crippen LogP contribution is -2.28. The monoisotopic (exact) mass is 729 g/mol. The fraction of sp³-hybridized carbons (Fsp3) is 0.0426. The summed E-state index contributed by atoms with van der Waals surface area (Å²) in [5.41, 5.74) is 15.1. The van der Waals surface area contributed by atoms with Gasteiger partial charge in [-0.05, 0) is 68.8 Å². The average molecular weight is 731 g/mol. The summed E-state index contributed by atoms with van der Waals surface area (Å²) in [6, 6.07) is 55.4. The number of aromatic nitrogens is 3. The molecule has 0 aliphatic heterocycles. The van der Waals surface area contributed by atoms with Gasteiger partial charge in [-0.2, -0.15) is 0 Å². The average Bonchev–Trinajstić information content (AvgIpc) is 3.60. The van der Waals surface area contributed by atoms with E-state index in [4.69, 9.17) is 19.4 Å². The molecule has 0 unspecified atom stereocenters. The first-order valence-electron chi connectivity index (χ1n) is 17.5. The molecule has 3 aliphatic carbocycles. The van der Waals surface area contributed by atoms with Crippen LogP contribution in [-0.2, 0) is 0 Å². The van der Waals surface area contributed by atoms with Crippen LogP contribution in [0.25, 0.3) is 67.2 Å². The van der Waals surface area contributed by atoms with Crippen LogP contribution in [0.5, 0.6) is 0 Å². The van der Waals surface area contributed by atoms with Crippen LogP contribution in [-0.4, -0.2) is 15.0 Å². The number of nitrogens with zero attached hydrogens (tertiary/aromatic N) is 3. The molecule has 0 spiro atoms. The molecule has 7 aromatic carbocycles. The van der Waals surface area contributed by atoms with E-state index in [1.165, 1.54) is 38.9 Å². The minimum absolute atomic E-state index is 0.144. The van der Waals surface area contributed by atoms with Crippen LogP contribution in [0.3, 0.4) is 0 Å². The van der Waals surface area contributed by atoms with Gasteiger partial charge in [-0.1, -0.05) is 149 Å². The van der Waals surface area contributed by atoms with Crippen molar-refractivity contribution in [1.82, 2.24) is 15.0 Å². The maximum atomic E-state index is 6.53. The Balaban J connectivity index is 1.13. The number of benzene rings is 7. The molecule has 12 rings (SSSR count). The molecular formula is C47H28BrN3O. The summed E-state index contributed by atoms with van der Waals surface area (Å²) in [6.45, 7) is 0. The summed E-state index contributed by atoms with van der Waals surface area (Å²) >= 11 is 4.01. The second-order valence-corrected chi connectivity index (χ2v) is 14.4. The summed E-state index contributed by atoms with van der Waals surface area (Å²) in [7, 11) is 0. The largest absolute Gasteiger partial charge is 0.456 e. The van der Waals surface area contributed by atoms with Crippen molar-refractivity contribution in [2.75, 3.05) is 0 Å². The van der Waals surface area contributed by atoms with Gasteiger partial charge in [0, 0.05) is 43.8 Å². The highest BCUT2D eigenvalue weighted by Gasteiger charge is 2.43. The lowest BCUT2D eigenvalue weighted by molar-refractivity contribution is 0.669. The van der Waals surface area contributed by atoms with Gasteiger partial charge in [-0.15, -0.1) is 0 Å². The molecule has 4 nitrogen and oxygen atoms in total. The van der Waals surface area contributed by atoms with Crippen LogP contribution >= 0.6 is 15.9 Å². The van der Waals surface area contributed by atoms with E-state index in [0.717, 1.165) is 48.7 Å². The molecule has 0 saturated heterocycles. The van der Waals surface area contributed by atoms with Crippen molar-refractivity contribution >= 4 is 37.9 Å². The topological polar surface area (TPSA) is 51.8 Å². The van der Waals surface area contributed by atoms with Gasteiger partial charge in [0.1, 0.15) is 11.2 Å². The van der Waals surface area contributed by atoms with E-state index >= 15 is 0 Å². The predicted molar refractivity (Wildman–Crippen MR) is 211 cm³/mol. The smallest absolute Gasteiger partial charge is 0.164 e. The van der Waals surface area contributed by atoms with E-state index < -0.39 is 0 Å². The number of fused-ring (bicyclic) bond motifs is 3. The van der Waals surface area contributed by atoms with Gasteiger partial charge in [0.25, 0.3) is 0 Å². The zero-order chi connectivity index (χ0) is 34.3. The lowest BCUT2D eigenvalue weighted by atomic mass is 9.60. The highest BCUT2D eigenvalue weighted by molar-refractivity contribution is 9.10. The zero-order valence-corrected chi connectivity index (χ0v) is 29.4. The van der Waals surface area contributed by atoms with Crippen molar-refractivity contribution in [3.8, 4) is 45.3 Å². The molecule has 0 atom stereocenters. The number of hydrogen-bond donors (Lipinski definition) is 0. The van der Waals surface area contributed by atoms with Crippen LogP contribution in [0.1, 0.15) is 45.2 Å². The minimum Gasteiger partial charge on any atom is -0.456 e. The SMILES string of the molecule is Brc1ccc(-c2ccc3oc4cccc(-c5nc(-c6ccccc6)nc(-c6ccccc6)n5)c4c3c2)c2c1C1c3ccccc3C2c2ccccc21. The van der Waals surface area contributed by atoms with E-state index in [9.17, 15) is 0 Å². The summed E-state index contributed by atoms with van der Waals surface area (Å²) in [5.74, 6) is 2.19. The molecule has 0 fully saturated rings. The molecule has 5 heteroatoms. The molecule has 52 heavy (non-hydrogen) atoms. The quantitative estimate of drug-likeness (QED) is 0.181. The van der Waals surface area contributed by atoms with Crippen molar-refractivity contribution in [3.05, 3.63) is 196 Å². The Morgan fingerprint density at radius 3 is 1.60 bits per heavy atom. The molecule has 0 saturated carbocycles. The minimum atomic E-state index is 0.144. The van der Waals surface area contributed by atoms with E-state index in [-0.39, 0.29) is 11.8 Å². The molecule has 9 aromatic rings. The Hall–Kier alpha value is -6.17. The van der Waals surface area contributed by atoms with Crippen LogP contribution in [0.2, 0.25) is 0 Å². The molecule has 0 amide bonds. The Morgan fingerprint density at radius 1 is 0.423 bits per heavy atom. The summed E-state index contributed by atoms with van der Waals surface area (Å²) in [4.78, 5) is 15.1. The van der Waals surface area contributed by atoms with Crippen molar-refractivity contribution in [2.45, 2.75) is 11.8 Å². The van der Waals surface area contributed by atoms with Crippen LogP contribution < -0.4 is 0 Å². The standard InChI is InChI=1S/C47H28BrN3O/c48-37-24-23-30(43-41-31-16-7-9-18-33(31)42(44(37)43)34-19-10-8-17-32(34)41)29-22-25-38-36(26-29)40-35(20-11-21-39(40)52-38)47-50-45(27-12-3-1-4-13-27)49-46(51-47)28-14-5-2-6-15-28/h1-26,41-42H. The normalized spacial score (nSPS) is 15.4. The highest BCUT2D eigenvalue weighted by Crippen LogP contribution is 2.59. The van der Waals surface area contributed by atoms with Gasteiger partial charge in [0.2, 0.25) is 0 Å². The fourth-order valence-electron chi connectivity index (χ4n) is 8.61. The third-order valence-corrected chi connectivity index (χ3v) is 11.5. The van der Waals surface area contributed by atoms with Gasteiger partial charge in [0.05, 0.1) is 0 Å². The van der Waals surface area contributed by atoms with E-state index in [2.05, 4.69) is 101 Å². The molecule has 2 heterocycles. The predicted octanol–water partition coefficient (Wildman–Crippen LogP) is 12.2. The van der Waals surface area contributed by atoms with Crippen molar-refractivity contribution in [3.63, 3.8) is 0 Å². The van der Waals surface area contributed by atoms with Crippen molar-refractivity contribution in [2.24, 2.45) is 0 Å². The first-order valence-corrected chi connectivity index (χ1v) is 18.3. The first-order chi connectivity index (χ1) is 25.7. The summed E-state index contributed by atoms with van der Waals surface area (Å²) in [5, 5.41) is 2.02. The second kappa shape index (κ2) is 11.4. The molecule has 3 aliphatic rings. The third-order valence-electron chi connectivity index (χ3n) is 10.8. The van der Waals surface area contributed by atoms with E-state index in [0.29, 0.717) is 17.5 Å². The summed E-state index contributed by atoms with van der Waals surface area (Å²) < 4.78 is 7.68. The van der Waals surface area contributed by atoms with E-state index in [1.54, 1.807) is 0 Å². The molecule has 244 valence electrons. The number of furan rings is 1. The molecule has 0 N–H and O–H groups in total. The number of hydrogen-bond acceptors (Lipinski definition) is 4. The Labute approximate surface area is 308 Å². The molecule has 0 radical (unpaired) electrons. The Kier molecular flexibility index (Phi) is 6.49. The maximum Gasteiger partial charge on any atom is 0.164 e. The Bertz CT molecular complexity index is 2780. The highest BCUT2D eigenvalue weighted by atomic mass is 79.9. The Morgan fingerprint density at radius 2 is 0.981 bits per heavy atom. The fourth-order valence-corrected chi connectivity index (χ4v) is 9.18. The van der Waals surface area contributed by atoms with Gasteiger partial charge < -0.3 is 4.42 Å². The third kappa shape index (κ3) is 4.36. The van der Waals surface area contributed by atoms with Crippen LogP contribution in [0.4, 0.5) is 0 Å². The van der Waals surface area contributed by atoms with Crippen LogP contribution in [0.15, 0.2) is 167 Å².